The lowest BCUT2D eigenvalue weighted by atomic mass is 10.0. The van der Waals surface area contributed by atoms with Crippen molar-refractivity contribution in [3.8, 4) is 11.8 Å². The van der Waals surface area contributed by atoms with Gasteiger partial charge < -0.3 is 0 Å². The van der Waals surface area contributed by atoms with Crippen LogP contribution in [0, 0.1) is 32.1 Å². The van der Waals surface area contributed by atoms with E-state index < -0.39 is 0 Å². The van der Waals surface area contributed by atoms with Crippen LogP contribution in [0.15, 0.2) is 18.2 Å². The molecule has 2 aromatic rings. The monoisotopic (exact) mass is 267 g/mol. The van der Waals surface area contributed by atoms with Crippen molar-refractivity contribution in [2.75, 3.05) is 0 Å². The van der Waals surface area contributed by atoms with Crippen molar-refractivity contribution in [3.05, 3.63) is 46.3 Å². The zero-order chi connectivity index (χ0) is 14.9. The van der Waals surface area contributed by atoms with E-state index in [2.05, 4.69) is 57.9 Å². The fourth-order valence-corrected chi connectivity index (χ4v) is 2.71. The van der Waals surface area contributed by atoms with E-state index in [1.807, 2.05) is 10.7 Å². The van der Waals surface area contributed by atoms with E-state index >= 15 is 0 Å². The van der Waals surface area contributed by atoms with Crippen molar-refractivity contribution in [2.45, 2.75) is 47.0 Å². The Kier molecular flexibility index (Phi) is 3.94. The molecular formula is C17H21N3. The average Bonchev–Trinajstić information content (AvgIpc) is 2.72. The van der Waals surface area contributed by atoms with Gasteiger partial charge >= 0.3 is 0 Å². The van der Waals surface area contributed by atoms with Crippen LogP contribution in [-0.4, -0.2) is 9.78 Å². The van der Waals surface area contributed by atoms with Crippen molar-refractivity contribution in [1.82, 2.24) is 9.78 Å². The number of hydrogen-bond donors (Lipinski definition) is 0. The van der Waals surface area contributed by atoms with Gasteiger partial charge in [-0.2, -0.15) is 10.4 Å². The summed E-state index contributed by atoms with van der Waals surface area (Å²) in [4.78, 5) is 0. The summed E-state index contributed by atoms with van der Waals surface area (Å²) in [7, 11) is 0. The first-order valence-corrected chi connectivity index (χ1v) is 6.98. The fourth-order valence-electron chi connectivity index (χ4n) is 2.71. The van der Waals surface area contributed by atoms with Gasteiger partial charge in [0.05, 0.1) is 23.9 Å². The molecule has 2 rings (SSSR count). The molecule has 1 aromatic carbocycles. The molecule has 0 aliphatic rings. The van der Waals surface area contributed by atoms with E-state index in [0.717, 1.165) is 17.1 Å². The fraction of sp³-hybridized carbons (Fsp3) is 0.412. The normalized spacial score (nSPS) is 10.8. The molecule has 20 heavy (non-hydrogen) atoms. The van der Waals surface area contributed by atoms with Gasteiger partial charge in [-0.15, -0.1) is 0 Å². The standard InChI is InChI=1S/C17H21N3/c1-11(2)16-10-15(6-7-18)19-20(16)17-13(4)8-12(3)9-14(17)5/h8-11H,6H2,1-5H3. The molecule has 0 atom stereocenters. The molecule has 3 heteroatoms. The summed E-state index contributed by atoms with van der Waals surface area (Å²) in [5, 5.41) is 13.5. The van der Waals surface area contributed by atoms with Gasteiger partial charge in [-0.1, -0.05) is 31.5 Å². The number of aryl methyl sites for hydroxylation is 3. The van der Waals surface area contributed by atoms with Crippen molar-refractivity contribution >= 4 is 0 Å². The summed E-state index contributed by atoms with van der Waals surface area (Å²) < 4.78 is 2.02. The lowest BCUT2D eigenvalue weighted by Crippen LogP contribution is -2.08. The zero-order valence-electron chi connectivity index (χ0n) is 12.9. The Morgan fingerprint density at radius 3 is 2.25 bits per heavy atom. The van der Waals surface area contributed by atoms with Crippen LogP contribution in [0.25, 0.3) is 5.69 Å². The third kappa shape index (κ3) is 2.60. The number of nitrogens with zero attached hydrogens (tertiary/aromatic N) is 3. The third-order valence-corrected chi connectivity index (χ3v) is 3.49. The van der Waals surface area contributed by atoms with Gasteiger partial charge in [-0.25, -0.2) is 4.68 Å². The molecule has 1 aromatic heterocycles. The van der Waals surface area contributed by atoms with E-state index in [9.17, 15) is 0 Å². The van der Waals surface area contributed by atoms with Gasteiger partial charge in [0.1, 0.15) is 0 Å². The first kappa shape index (κ1) is 14.3. The smallest absolute Gasteiger partial charge is 0.0793 e. The summed E-state index contributed by atoms with van der Waals surface area (Å²) in [5.74, 6) is 0.370. The minimum Gasteiger partial charge on any atom is -0.237 e. The molecule has 0 bridgehead atoms. The Balaban J connectivity index is 2.66. The first-order chi connectivity index (χ1) is 9.43. The highest BCUT2D eigenvalue weighted by Gasteiger charge is 2.16. The van der Waals surface area contributed by atoms with Crippen LogP contribution in [0.1, 0.15) is 47.8 Å². The molecule has 3 nitrogen and oxygen atoms in total. The average molecular weight is 267 g/mol. The molecule has 0 radical (unpaired) electrons. The van der Waals surface area contributed by atoms with E-state index in [1.54, 1.807) is 0 Å². The van der Waals surface area contributed by atoms with Gasteiger partial charge in [0.2, 0.25) is 0 Å². The van der Waals surface area contributed by atoms with E-state index in [-0.39, 0.29) is 0 Å². The number of benzene rings is 1. The van der Waals surface area contributed by atoms with Crippen molar-refractivity contribution in [3.63, 3.8) is 0 Å². The van der Waals surface area contributed by atoms with E-state index in [0.29, 0.717) is 12.3 Å². The second-order valence-electron chi connectivity index (χ2n) is 5.71. The predicted molar refractivity (Wildman–Crippen MR) is 81.2 cm³/mol. The Bertz CT molecular complexity index is 649. The molecule has 0 aliphatic carbocycles. The van der Waals surface area contributed by atoms with Gasteiger partial charge in [0.15, 0.2) is 0 Å². The number of nitriles is 1. The molecule has 0 fully saturated rings. The summed E-state index contributed by atoms with van der Waals surface area (Å²) in [6.07, 6.45) is 0.358. The largest absolute Gasteiger partial charge is 0.237 e. The van der Waals surface area contributed by atoms with Crippen LogP contribution in [0.2, 0.25) is 0 Å². The van der Waals surface area contributed by atoms with Gasteiger partial charge in [-0.3, -0.25) is 0 Å². The maximum Gasteiger partial charge on any atom is 0.0793 e. The molecule has 0 unspecified atom stereocenters. The van der Waals surface area contributed by atoms with Crippen LogP contribution in [0.5, 0.6) is 0 Å². The van der Waals surface area contributed by atoms with Crippen molar-refractivity contribution < 1.29 is 0 Å². The second-order valence-corrected chi connectivity index (χ2v) is 5.71. The number of rotatable bonds is 3. The molecule has 0 spiro atoms. The Morgan fingerprint density at radius 1 is 1.15 bits per heavy atom. The predicted octanol–water partition coefficient (Wildman–Crippen LogP) is 3.99. The summed E-state index contributed by atoms with van der Waals surface area (Å²) in [6.45, 7) is 10.7. The third-order valence-electron chi connectivity index (χ3n) is 3.49. The molecule has 0 N–H and O–H groups in total. The Morgan fingerprint density at radius 2 is 1.75 bits per heavy atom. The van der Waals surface area contributed by atoms with Crippen LogP contribution in [0.3, 0.4) is 0 Å². The molecule has 0 saturated heterocycles. The minimum absolute atomic E-state index is 0.358. The summed E-state index contributed by atoms with van der Waals surface area (Å²) in [5.41, 5.74) is 6.84. The van der Waals surface area contributed by atoms with Crippen molar-refractivity contribution in [2.24, 2.45) is 0 Å². The summed E-state index contributed by atoms with van der Waals surface area (Å²) >= 11 is 0. The molecule has 0 saturated carbocycles. The van der Waals surface area contributed by atoms with Gasteiger partial charge in [-0.05, 0) is 43.9 Å². The topological polar surface area (TPSA) is 41.6 Å². The first-order valence-electron chi connectivity index (χ1n) is 6.98. The Hall–Kier alpha value is -2.08. The lowest BCUT2D eigenvalue weighted by molar-refractivity contribution is 0.724. The lowest BCUT2D eigenvalue weighted by Gasteiger charge is -2.16. The zero-order valence-corrected chi connectivity index (χ0v) is 12.9. The summed E-state index contributed by atoms with van der Waals surface area (Å²) in [6, 6.07) is 8.58. The van der Waals surface area contributed by atoms with Gasteiger partial charge in [0, 0.05) is 5.69 Å². The molecule has 0 aliphatic heterocycles. The Labute approximate surface area is 120 Å². The molecule has 1 heterocycles. The SMILES string of the molecule is Cc1cc(C)c(-n2nc(CC#N)cc2C(C)C)c(C)c1. The van der Waals surface area contributed by atoms with Crippen molar-refractivity contribution in [1.29, 1.82) is 5.26 Å². The highest BCUT2D eigenvalue weighted by atomic mass is 15.3. The maximum atomic E-state index is 8.88. The maximum absolute atomic E-state index is 8.88. The van der Waals surface area contributed by atoms with Crippen LogP contribution >= 0.6 is 0 Å². The highest BCUT2D eigenvalue weighted by molar-refractivity contribution is 5.50. The highest BCUT2D eigenvalue weighted by Crippen LogP contribution is 2.26. The minimum atomic E-state index is 0.358. The van der Waals surface area contributed by atoms with Crippen LogP contribution < -0.4 is 0 Å². The van der Waals surface area contributed by atoms with E-state index in [4.69, 9.17) is 5.26 Å². The molecular weight excluding hydrogens is 246 g/mol. The second kappa shape index (κ2) is 5.50. The molecule has 104 valence electrons. The van der Waals surface area contributed by atoms with Crippen LogP contribution in [0.4, 0.5) is 0 Å². The molecule has 0 amide bonds. The number of aromatic nitrogens is 2. The quantitative estimate of drug-likeness (QED) is 0.843. The number of hydrogen-bond acceptors (Lipinski definition) is 2. The van der Waals surface area contributed by atoms with Crippen LogP contribution in [-0.2, 0) is 6.42 Å². The van der Waals surface area contributed by atoms with E-state index in [1.165, 1.54) is 16.7 Å². The van der Waals surface area contributed by atoms with Gasteiger partial charge in [0.25, 0.3) is 0 Å².